The molecule has 2 amide bonds. The van der Waals surface area contributed by atoms with Crippen molar-refractivity contribution in [3.63, 3.8) is 0 Å². The Kier molecular flexibility index (Phi) is 5.73. The van der Waals surface area contributed by atoms with Gasteiger partial charge in [0.25, 0.3) is 5.91 Å². The molecule has 0 unspecified atom stereocenters. The first-order chi connectivity index (χ1) is 14.0. The first kappa shape index (κ1) is 19.7. The van der Waals surface area contributed by atoms with Crippen molar-refractivity contribution in [2.45, 2.75) is 13.0 Å². The number of hydrogen-bond acceptors (Lipinski definition) is 6. The van der Waals surface area contributed by atoms with E-state index in [1.54, 1.807) is 17.0 Å². The Morgan fingerprint density at radius 1 is 1.31 bits per heavy atom. The molecule has 1 aromatic carbocycles. The Morgan fingerprint density at radius 3 is 2.79 bits per heavy atom. The monoisotopic (exact) mass is 432 g/mol. The number of amides is 2. The maximum absolute atomic E-state index is 12.3. The Balaban J connectivity index is 1.36. The van der Waals surface area contributed by atoms with Gasteiger partial charge in [-0.15, -0.1) is 11.3 Å². The van der Waals surface area contributed by atoms with E-state index < -0.39 is 12.2 Å². The molecule has 0 aliphatic carbocycles. The molecule has 29 heavy (non-hydrogen) atoms. The second-order valence-electron chi connectivity index (χ2n) is 6.76. The average molecular weight is 433 g/mol. The van der Waals surface area contributed by atoms with Crippen molar-refractivity contribution < 1.29 is 14.3 Å². The van der Waals surface area contributed by atoms with Crippen LogP contribution >= 0.6 is 22.9 Å². The highest BCUT2D eigenvalue weighted by atomic mass is 35.5. The summed E-state index contributed by atoms with van der Waals surface area (Å²) in [4.78, 5) is 33.3. The molecular formula is C20H21ClN4O3S. The molecule has 0 radical (unpaired) electrons. The zero-order chi connectivity index (χ0) is 20.4. The summed E-state index contributed by atoms with van der Waals surface area (Å²) in [6.45, 7) is 5.42. The molecule has 152 valence electrons. The molecule has 1 N–H and O–H groups in total. The summed E-state index contributed by atoms with van der Waals surface area (Å²) in [5.41, 5.74) is 1.80. The van der Waals surface area contributed by atoms with Crippen LogP contribution in [0.15, 0.2) is 41.4 Å². The van der Waals surface area contributed by atoms with Crippen LogP contribution in [0.2, 0.25) is 4.34 Å². The number of nitrogens with zero attached hydrogens (tertiary/aromatic N) is 3. The van der Waals surface area contributed by atoms with Gasteiger partial charge in [0, 0.05) is 24.3 Å². The molecule has 0 saturated carbocycles. The SMILES string of the molecule is CCN1CCN=C1c1ccc(N2C[C@H](CNC(=O)c3ccc(Cl)s3)OC2=O)cc1. The van der Waals surface area contributed by atoms with E-state index in [1.165, 1.54) is 11.3 Å². The second kappa shape index (κ2) is 8.42. The lowest BCUT2D eigenvalue weighted by Gasteiger charge is -2.19. The predicted octanol–water partition coefficient (Wildman–Crippen LogP) is 3.24. The average Bonchev–Trinajstić information content (AvgIpc) is 3.46. The summed E-state index contributed by atoms with van der Waals surface area (Å²) < 4.78 is 5.96. The molecular weight excluding hydrogens is 412 g/mol. The van der Waals surface area contributed by atoms with Gasteiger partial charge in [-0.2, -0.15) is 0 Å². The van der Waals surface area contributed by atoms with E-state index in [0.717, 1.165) is 36.7 Å². The van der Waals surface area contributed by atoms with Crippen LogP contribution in [0, 0.1) is 0 Å². The van der Waals surface area contributed by atoms with Crippen LogP contribution < -0.4 is 10.2 Å². The number of halogens is 1. The highest BCUT2D eigenvalue weighted by Gasteiger charge is 2.32. The first-order valence-corrected chi connectivity index (χ1v) is 10.7. The molecule has 1 aromatic heterocycles. The lowest BCUT2D eigenvalue weighted by atomic mass is 10.1. The number of cyclic esters (lactones) is 1. The van der Waals surface area contributed by atoms with Crippen molar-refractivity contribution >= 4 is 46.5 Å². The highest BCUT2D eigenvalue weighted by Crippen LogP contribution is 2.24. The Bertz CT molecular complexity index is 943. The number of carbonyl (C=O) groups excluding carboxylic acids is 2. The van der Waals surface area contributed by atoms with E-state index in [2.05, 4.69) is 22.1 Å². The Hall–Kier alpha value is -2.58. The lowest BCUT2D eigenvalue weighted by Crippen LogP contribution is -2.34. The minimum Gasteiger partial charge on any atom is -0.442 e. The van der Waals surface area contributed by atoms with Gasteiger partial charge < -0.3 is 15.0 Å². The van der Waals surface area contributed by atoms with Crippen LogP contribution in [-0.2, 0) is 4.74 Å². The van der Waals surface area contributed by atoms with E-state index in [1.807, 2.05) is 24.3 Å². The molecule has 2 aliphatic rings. The third-order valence-corrected chi connectivity index (χ3v) is 6.14. The van der Waals surface area contributed by atoms with E-state index in [9.17, 15) is 9.59 Å². The van der Waals surface area contributed by atoms with Gasteiger partial charge in [-0.05, 0) is 43.3 Å². The molecule has 2 aliphatic heterocycles. The summed E-state index contributed by atoms with van der Waals surface area (Å²) in [5.74, 6) is 0.774. The summed E-state index contributed by atoms with van der Waals surface area (Å²) in [5, 5.41) is 2.79. The number of anilines is 1. The van der Waals surface area contributed by atoms with Gasteiger partial charge >= 0.3 is 6.09 Å². The first-order valence-electron chi connectivity index (χ1n) is 9.46. The van der Waals surface area contributed by atoms with Gasteiger partial charge in [0.1, 0.15) is 11.9 Å². The van der Waals surface area contributed by atoms with Gasteiger partial charge in [0.05, 0.1) is 28.8 Å². The molecule has 3 heterocycles. The van der Waals surface area contributed by atoms with Crippen molar-refractivity contribution in [3.8, 4) is 0 Å². The third-order valence-electron chi connectivity index (χ3n) is 4.91. The Labute approximate surface area is 177 Å². The van der Waals surface area contributed by atoms with Crippen molar-refractivity contribution in [1.29, 1.82) is 0 Å². The molecule has 1 saturated heterocycles. The van der Waals surface area contributed by atoms with E-state index in [4.69, 9.17) is 16.3 Å². The minimum atomic E-state index is -0.412. The fourth-order valence-corrected chi connectivity index (χ4v) is 4.38. The van der Waals surface area contributed by atoms with Crippen molar-refractivity contribution in [1.82, 2.24) is 10.2 Å². The fraction of sp³-hybridized carbons (Fsp3) is 0.350. The van der Waals surface area contributed by atoms with Crippen molar-refractivity contribution in [2.75, 3.05) is 37.6 Å². The molecule has 7 nitrogen and oxygen atoms in total. The summed E-state index contributed by atoms with van der Waals surface area (Å²) in [6.07, 6.45) is -0.819. The van der Waals surface area contributed by atoms with Crippen LogP contribution in [0.1, 0.15) is 22.2 Å². The Morgan fingerprint density at radius 2 is 2.10 bits per heavy atom. The smallest absolute Gasteiger partial charge is 0.414 e. The van der Waals surface area contributed by atoms with Gasteiger partial charge in [-0.25, -0.2) is 4.79 Å². The van der Waals surface area contributed by atoms with Gasteiger partial charge in [-0.1, -0.05) is 11.6 Å². The minimum absolute atomic E-state index is 0.224. The third kappa shape index (κ3) is 4.23. The molecule has 0 spiro atoms. The zero-order valence-corrected chi connectivity index (χ0v) is 17.5. The number of likely N-dealkylation sites (N-methyl/N-ethyl adjacent to an activating group) is 1. The zero-order valence-electron chi connectivity index (χ0n) is 15.9. The highest BCUT2D eigenvalue weighted by molar-refractivity contribution is 7.18. The van der Waals surface area contributed by atoms with Crippen molar-refractivity contribution in [2.24, 2.45) is 4.99 Å². The van der Waals surface area contributed by atoms with E-state index in [0.29, 0.717) is 15.8 Å². The maximum Gasteiger partial charge on any atom is 0.414 e. The van der Waals surface area contributed by atoms with Crippen LogP contribution in [0.3, 0.4) is 0 Å². The molecule has 0 bridgehead atoms. The molecule has 4 rings (SSSR count). The predicted molar refractivity (Wildman–Crippen MR) is 114 cm³/mol. The second-order valence-corrected chi connectivity index (χ2v) is 8.48. The number of rotatable bonds is 6. The number of hydrogen-bond donors (Lipinski definition) is 1. The van der Waals surface area contributed by atoms with Crippen molar-refractivity contribution in [3.05, 3.63) is 51.2 Å². The lowest BCUT2D eigenvalue weighted by molar-refractivity contribution is 0.0920. The number of benzene rings is 1. The van der Waals surface area contributed by atoms with Crippen LogP contribution in [0.5, 0.6) is 0 Å². The topological polar surface area (TPSA) is 74.2 Å². The number of nitrogens with one attached hydrogen (secondary N) is 1. The number of carbonyl (C=O) groups is 2. The quantitative estimate of drug-likeness (QED) is 0.760. The maximum atomic E-state index is 12.3. The van der Waals surface area contributed by atoms with Crippen LogP contribution in [0.25, 0.3) is 0 Å². The summed E-state index contributed by atoms with van der Waals surface area (Å²) >= 11 is 7.07. The van der Waals surface area contributed by atoms with E-state index >= 15 is 0 Å². The van der Waals surface area contributed by atoms with Crippen LogP contribution in [-0.4, -0.2) is 61.6 Å². The molecule has 9 heteroatoms. The number of thiophene rings is 1. The number of aliphatic imine (C=N–C) groups is 1. The molecule has 1 fully saturated rings. The van der Waals surface area contributed by atoms with Gasteiger partial charge in [0.2, 0.25) is 0 Å². The number of ether oxygens (including phenoxy) is 1. The standard InChI is InChI=1S/C20H21ClN4O3S/c1-2-24-10-9-22-18(24)13-3-5-14(6-4-13)25-12-15(28-20(25)27)11-23-19(26)16-7-8-17(21)29-16/h3-8,15H,2,9-12H2,1H3,(H,23,26)/t15-/m0/s1. The molecule has 1 atom stereocenters. The van der Waals surface area contributed by atoms with Crippen LogP contribution in [0.4, 0.5) is 10.5 Å². The van der Waals surface area contributed by atoms with E-state index in [-0.39, 0.29) is 12.5 Å². The molecule has 2 aromatic rings. The summed E-state index contributed by atoms with van der Waals surface area (Å²) in [7, 11) is 0. The largest absolute Gasteiger partial charge is 0.442 e. The van der Waals surface area contributed by atoms with Gasteiger partial charge in [0.15, 0.2) is 0 Å². The van der Waals surface area contributed by atoms with Gasteiger partial charge in [-0.3, -0.25) is 14.7 Å². The normalized spacial score (nSPS) is 18.8. The summed E-state index contributed by atoms with van der Waals surface area (Å²) in [6, 6.07) is 11.1. The number of amidine groups is 1. The fourth-order valence-electron chi connectivity index (χ4n) is 3.42.